The SMILES string of the molecule is C=CCNC(=NCCc1ccco1)N1CCN(Cc2cc(OC)ccc2OC)CC1. The first-order valence-corrected chi connectivity index (χ1v) is 10.3. The van der Waals surface area contributed by atoms with E-state index in [0.29, 0.717) is 13.1 Å². The highest BCUT2D eigenvalue weighted by atomic mass is 16.5. The van der Waals surface area contributed by atoms with Gasteiger partial charge in [0.2, 0.25) is 0 Å². The van der Waals surface area contributed by atoms with Gasteiger partial charge in [0.05, 0.1) is 20.5 Å². The molecule has 1 N–H and O–H groups in total. The summed E-state index contributed by atoms with van der Waals surface area (Å²) in [6, 6.07) is 9.84. The number of piperazine rings is 1. The number of benzene rings is 1. The van der Waals surface area contributed by atoms with Crippen LogP contribution in [0, 0.1) is 0 Å². The molecule has 0 radical (unpaired) electrons. The second kappa shape index (κ2) is 11.3. The minimum atomic E-state index is 0.689. The summed E-state index contributed by atoms with van der Waals surface area (Å²) in [4.78, 5) is 9.53. The molecule has 1 fully saturated rings. The smallest absolute Gasteiger partial charge is 0.194 e. The standard InChI is InChI=1S/C23H32N4O3/c1-4-10-24-23(25-11-9-20-6-5-16-30-20)27-14-12-26(13-15-27)18-19-17-21(28-2)7-8-22(19)29-3/h4-8,16-17H,1,9-15,18H2,2-3H3,(H,24,25). The first-order chi connectivity index (χ1) is 14.7. The Balaban J connectivity index is 1.57. The van der Waals surface area contributed by atoms with Crippen LogP contribution >= 0.6 is 0 Å². The van der Waals surface area contributed by atoms with Crippen molar-refractivity contribution in [1.82, 2.24) is 15.1 Å². The summed E-state index contributed by atoms with van der Waals surface area (Å²) in [5.41, 5.74) is 1.14. The summed E-state index contributed by atoms with van der Waals surface area (Å²) in [6.45, 7) is 9.75. The molecule has 0 saturated carbocycles. The summed E-state index contributed by atoms with van der Waals surface area (Å²) in [7, 11) is 3.40. The highest BCUT2D eigenvalue weighted by Gasteiger charge is 2.21. The minimum absolute atomic E-state index is 0.689. The molecule has 1 saturated heterocycles. The maximum atomic E-state index is 5.53. The fourth-order valence-electron chi connectivity index (χ4n) is 3.52. The van der Waals surface area contributed by atoms with E-state index in [-0.39, 0.29) is 0 Å². The number of rotatable bonds is 9. The molecule has 162 valence electrons. The number of nitrogens with zero attached hydrogens (tertiary/aromatic N) is 3. The number of hydrogen-bond donors (Lipinski definition) is 1. The van der Waals surface area contributed by atoms with E-state index >= 15 is 0 Å². The zero-order valence-corrected chi connectivity index (χ0v) is 18.0. The number of nitrogens with one attached hydrogen (secondary N) is 1. The Morgan fingerprint density at radius 1 is 1.20 bits per heavy atom. The fraction of sp³-hybridized carbons (Fsp3) is 0.435. The van der Waals surface area contributed by atoms with Crippen LogP contribution in [0.4, 0.5) is 0 Å². The summed E-state index contributed by atoms with van der Waals surface area (Å²) in [5.74, 6) is 3.63. The largest absolute Gasteiger partial charge is 0.497 e. The van der Waals surface area contributed by atoms with E-state index in [1.807, 2.05) is 30.3 Å². The molecule has 30 heavy (non-hydrogen) atoms. The van der Waals surface area contributed by atoms with Gasteiger partial charge < -0.3 is 24.1 Å². The molecule has 0 amide bonds. The number of aliphatic imine (C=N–C) groups is 1. The van der Waals surface area contributed by atoms with Crippen molar-refractivity contribution in [2.75, 3.05) is 53.5 Å². The molecule has 7 heteroatoms. The van der Waals surface area contributed by atoms with Gasteiger partial charge in [0.15, 0.2) is 5.96 Å². The number of guanidine groups is 1. The van der Waals surface area contributed by atoms with Crippen LogP contribution < -0.4 is 14.8 Å². The molecule has 1 aromatic carbocycles. The van der Waals surface area contributed by atoms with Crippen molar-refractivity contribution in [3.8, 4) is 11.5 Å². The van der Waals surface area contributed by atoms with Crippen LogP contribution in [0.3, 0.4) is 0 Å². The molecule has 3 rings (SSSR count). The number of ether oxygens (including phenoxy) is 2. The van der Waals surface area contributed by atoms with E-state index < -0.39 is 0 Å². The van der Waals surface area contributed by atoms with Crippen LogP contribution in [0.5, 0.6) is 11.5 Å². The third-order valence-corrected chi connectivity index (χ3v) is 5.16. The van der Waals surface area contributed by atoms with Gasteiger partial charge in [0.25, 0.3) is 0 Å². The van der Waals surface area contributed by atoms with Crippen LogP contribution in [-0.4, -0.2) is 69.2 Å². The third-order valence-electron chi connectivity index (χ3n) is 5.16. The zero-order valence-electron chi connectivity index (χ0n) is 18.0. The molecule has 1 aliphatic heterocycles. The lowest BCUT2D eigenvalue weighted by Gasteiger charge is -2.36. The molecule has 2 heterocycles. The molecule has 7 nitrogen and oxygen atoms in total. The van der Waals surface area contributed by atoms with Crippen molar-refractivity contribution in [2.45, 2.75) is 13.0 Å². The lowest BCUT2D eigenvalue weighted by atomic mass is 10.1. The summed E-state index contributed by atoms with van der Waals surface area (Å²) in [5, 5.41) is 3.39. The Bertz CT molecular complexity index is 812. The van der Waals surface area contributed by atoms with Crippen LogP contribution in [0.15, 0.2) is 58.7 Å². The third kappa shape index (κ3) is 6.03. The van der Waals surface area contributed by atoms with Crippen molar-refractivity contribution >= 4 is 5.96 Å². The van der Waals surface area contributed by atoms with Crippen molar-refractivity contribution in [1.29, 1.82) is 0 Å². The van der Waals surface area contributed by atoms with Crippen molar-refractivity contribution in [3.05, 3.63) is 60.6 Å². The molecule has 1 aromatic heterocycles. The Morgan fingerprint density at radius 3 is 2.70 bits per heavy atom. The Morgan fingerprint density at radius 2 is 2.03 bits per heavy atom. The van der Waals surface area contributed by atoms with Crippen LogP contribution in [0.25, 0.3) is 0 Å². The Labute approximate surface area is 179 Å². The number of methoxy groups -OCH3 is 2. The average Bonchev–Trinajstić information content (AvgIpc) is 3.30. The molecule has 0 bridgehead atoms. The lowest BCUT2D eigenvalue weighted by molar-refractivity contribution is 0.171. The maximum Gasteiger partial charge on any atom is 0.194 e. The summed E-state index contributed by atoms with van der Waals surface area (Å²) >= 11 is 0. The van der Waals surface area contributed by atoms with Crippen LogP contribution in [0.2, 0.25) is 0 Å². The second-order valence-electron chi connectivity index (χ2n) is 7.15. The van der Waals surface area contributed by atoms with Gasteiger partial charge in [-0.2, -0.15) is 0 Å². The Kier molecular flexibility index (Phi) is 8.20. The van der Waals surface area contributed by atoms with Crippen molar-refractivity contribution in [2.24, 2.45) is 4.99 Å². The Hall–Kier alpha value is -2.93. The van der Waals surface area contributed by atoms with E-state index in [9.17, 15) is 0 Å². The predicted molar refractivity (Wildman–Crippen MR) is 119 cm³/mol. The molecule has 0 spiro atoms. The van der Waals surface area contributed by atoms with E-state index in [1.54, 1.807) is 20.5 Å². The molecular formula is C23H32N4O3. The minimum Gasteiger partial charge on any atom is -0.497 e. The van der Waals surface area contributed by atoms with E-state index in [0.717, 1.165) is 67.9 Å². The van der Waals surface area contributed by atoms with Gasteiger partial charge in [-0.3, -0.25) is 9.89 Å². The monoisotopic (exact) mass is 412 g/mol. The molecule has 0 atom stereocenters. The van der Waals surface area contributed by atoms with Gasteiger partial charge in [-0.1, -0.05) is 6.08 Å². The highest BCUT2D eigenvalue weighted by molar-refractivity contribution is 5.80. The van der Waals surface area contributed by atoms with E-state index in [4.69, 9.17) is 18.9 Å². The van der Waals surface area contributed by atoms with Crippen LogP contribution in [-0.2, 0) is 13.0 Å². The predicted octanol–water partition coefficient (Wildman–Crippen LogP) is 2.79. The van der Waals surface area contributed by atoms with Gasteiger partial charge in [-0.15, -0.1) is 6.58 Å². The molecule has 0 aliphatic carbocycles. The fourth-order valence-corrected chi connectivity index (χ4v) is 3.52. The molecular weight excluding hydrogens is 380 g/mol. The molecule has 0 unspecified atom stereocenters. The van der Waals surface area contributed by atoms with Crippen molar-refractivity contribution in [3.63, 3.8) is 0 Å². The lowest BCUT2D eigenvalue weighted by Crippen LogP contribution is -2.52. The number of furan rings is 1. The van der Waals surface area contributed by atoms with Gasteiger partial charge in [-0.25, -0.2) is 0 Å². The summed E-state index contributed by atoms with van der Waals surface area (Å²) in [6.07, 6.45) is 4.35. The van der Waals surface area contributed by atoms with E-state index in [1.165, 1.54) is 0 Å². The van der Waals surface area contributed by atoms with Gasteiger partial charge >= 0.3 is 0 Å². The maximum absolute atomic E-state index is 5.53. The molecule has 1 aliphatic rings. The first kappa shape index (κ1) is 21.8. The zero-order chi connectivity index (χ0) is 21.2. The normalized spacial score (nSPS) is 15.1. The average molecular weight is 413 g/mol. The van der Waals surface area contributed by atoms with Crippen molar-refractivity contribution < 1.29 is 13.9 Å². The second-order valence-corrected chi connectivity index (χ2v) is 7.15. The highest BCUT2D eigenvalue weighted by Crippen LogP contribution is 2.25. The van der Waals surface area contributed by atoms with Crippen LogP contribution in [0.1, 0.15) is 11.3 Å². The van der Waals surface area contributed by atoms with Gasteiger partial charge in [0.1, 0.15) is 17.3 Å². The molecule has 2 aromatic rings. The quantitative estimate of drug-likeness (QED) is 0.388. The number of hydrogen-bond acceptors (Lipinski definition) is 5. The van der Waals surface area contributed by atoms with Gasteiger partial charge in [-0.05, 0) is 30.3 Å². The summed E-state index contributed by atoms with van der Waals surface area (Å²) < 4.78 is 16.3. The van der Waals surface area contributed by atoms with E-state index in [2.05, 4.69) is 27.8 Å². The van der Waals surface area contributed by atoms with Gasteiger partial charge in [0, 0.05) is 57.8 Å². The topological polar surface area (TPSA) is 62.5 Å². The first-order valence-electron chi connectivity index (χ1n) is 10.3.